The van der Waals surface area contributed by atoms with Crippen LogP contribution in [0.4, 0.5) is 10.2 Å². The number of rotatable bonds is 5. The third kappa shape index (κ3) is 3.35. The summed E-state index contributed by atoms with van der Waals surface area (Å²) in [5.74, 6) is 0.145. The third-order valence-electron chi connectivity index (χ3n) is 4.20. The second kappa shape index (κ2) is 5.53. The predicted octanol–water partition coefficient (Wildman–Crippen LogP) is 1.10. The van der Waals surface area contributed by atoms with Gasteiger partial charge in [-0.05, 0) is 25.3 Å². The minimum Gasteiger partial charge on any atom is -0.353 e. The lowest BCUT2D eigenvalue weighted by Crippen LogP contribution is -2.34. The monoisotopic (exact) mass is 313 g/mol. The van der Waals surface area contributed by atoms with Gasteiger partial charge in [-0.3, -0.25) is 0 Å². The van der Waals surface area contributed by atoms with Gasteiger partial charge >= 0.3 is 0 Å². The van der Waals surface area contributed by atoms with E-state index in [-0.39, 0.29) is 29.2 Å². The van der Waals surface area contributed by atoms with Gasteiger partial charge in [0.15, 0.2) is 21.5 Å². The van der Waals surface area contributed by atoms with E-state index < -0.39 is 9.84 Å². The molecule has 1 aliphatic carbocycles. The quantitative estimate of drug-likeness (QED) is 0.882. The summed E-state index contributed by atoms with van der Waals surface area (Å²) in [5, 5.41) is 3.28. The van der Waals surface area contributed by atoms with Crippen LogP contribution in [0.15, 0.2) is 12.3 Å². The SMILES string of the molecule is CN(c1nccc(CNC2CC2)c1F)C1CCS(=O)(=O)C1. The van der Waals surface area contributed by atoms with Crippen LogP contribution in [0.2, 0.25) is 0 Å². The molecule has 1 aliphatic heterocycles. The minimum absolute atomic E-state index is 0.0785. The van der Waals surface area contributed by atoms with Gasteiger partial charge in [0.05, 0.1) is 11.5 Å². The Morgan fingerprint density at radius 1 is 1.43 bits per heavy atom. The average Bonchev–Trinajstić information content (AvgIpc) is 3.19. The van der Waals surface area contributed by atoms with Crippen molar-refractivity contribution in [1.29, 1.82) is 0 Å². The Hall–Kier alpha value is -1.21. The van der Waals surface area contributed by atoms with Gasteiger partial charge in [-0.1, -0.05) is 0 Å². The number of aromatic nitrogens is 1. The molecule has 1 aromatic heterocycles. The van der Waals surface area contributed by atoms with Gasteiger partial charge in [-0.2, -0.15) is 0 Å². The standard InChI is InChI=1S/C14H20FN3O2S/c1-18(12-5-7-21(19,20)9-12)14-13(15)10(4-6-16-14)8-17-11-2-3-11/h4,6,11-12,17H,2-3,5,7-9H2,1H3. The van der Waals surface area contributed by atoms with Crippen molar-refractivity contribution in [3.63, 3.8) is 0 Å². The van der Waals surface area contributed by atoms with Gasteiger partial charge in [-0.15, -0.1) is 0 Å². The Morgan fingerprint density at radius 2 is 2.19 bits per heavy atom. The summed E-state index contributed by atoms with van der Waals surface area (Å²) in [5.41, 5.74) is 0.583. The molecular formula is C14H20FN3O2S. The molecule has 2 heterocycles. The van der Waals surface area contributed by atoms with E-state index in [0.29, 0.717) is 24.6 Å². The van der Waals surface area contributed by atoms with Crippen LogP contribution >= 0.6 is 0 Å². The predicted molar refractivity (Wildman–Crippen MR) is 79.5 cm³/mol. The summed E-state index contributed by atoms with van der Waals surface area (Å²) >= 11 is 0. The zero-order valence-electron chi connectivity index (χ0n) is 12.0. The highest BCUT2D eigenvalue weighted by Crippen LogP contribution is 2.26. The summed E-state index contributed by atoms with van der Waals surface area (Å²) in [6.45, 7) is 0.489. The molecule has 116 valence electrons. The molecule has 0 spiro atoms. The number of nitrogens with one attached hydrogen (secondary N) is 1. The highest BCUT2D eigenvalue weighted by atomic mass is 32.2. The number of anilines is 1. The normalized spacial score (nSPS) is 24.2. The van der Waals surface area contributed by atoms with E-state index in [1.54, 1.807) is 24.2 Å². The molecule has 1 saturated heterocycles. The van der Waals surface area contributed by atoms with E-state index in [2.05, 4.69) is 10.3 Å². The lowest BCUT2D eigenvalue weighted by molar-refractivity contribution is 0.567. The molecule has 21 heavy (non-hydrogen) atoms. The summed E-state index contributed by atoms with van der Waals surface area (Å²) in [4.78, 5) is 5.77. The Morgan fingerprint density at radius 3 is 2.81 bits per heavy atom. The zero-order chi connectivity index (χ0) is 15.0. The Balaban J connectivity index is 1.76. The van der Waals surface area contributed by atoms with Crippen molar-refractivity contribution < 1.29 is 12.8 Å². The molecule has 1 unspecified atom stereocenters. The molecule has 2 aliphatic rings. The van der Waals surface area contributed by atoms with E-state index >= 15 is 0 Å². The molecule has 2 fully saturated rings. The first kappa shape index (κ1) is 14.7. The molecule has 0 radical (unpaired) electrons. The maximum Gasteiger partial charge on any atom is 0.170 e. The number of halogens is 1. The molecule has 0 aromatic carbocycles. The maximum atomic E-state index is 14.5. The number of sulfone groups is 1. The van der Waals surface area contributed by atoms with E-state index in [9.17, 15) is 12.8 Å². The van der Waals surface area contributed by atoms with Crippen molar-refractivity contribution >= 4 is 15.7 Å². The molecule has 5 nitrogen and oxygen atoms in total. The van der Waals surface area contributed by atoms with Gasteiger partial charge in [0.1, 0.15) is 0 Å². The van der Waals surface area contributed by atoms with Crippen LogP contribution in [0.5, 0.6) is 0 Å². The van der Waals surface area contributed by atoms with Gasteiger partial charge in [0.2, 0.25) is 0 Å². The first-order chi connectivity index (χ1) is 9.96. The third-order valence-corrected chi connectivity index (χ3v) is 5.95. The fraction of sp³-hybridized carbons (Fsp3) is 0.643. The van der Waals surface area contributed by atoms with Crippen molar-refractivity contribution in [3.05, 3.63) is 23.6 Å². The molecule has 3 rings (SSSR count). The molecule has 1 saturated carbocycles. The second-order valence-corrected chi connectivity index (χ2v) is 8.16. The molecule has 1 atom stereocenters. The average molecular weight is 313 g/mol. The second-order valence-electron chi connectivity index (χ2n) is 5.93. The van der Waals surface area contributed by atoms with E-state index in [1.807, 2.05) is 0 Å². The van der Waals surface area contributed by atoms with Crippen LogP contribution in [0.1, 0.15) is 24.8 Å². The summed E-state index contributed by atoms with van der Waals surface area (Å²) in [6, 6.07) is 2.00. The van der Waals surface area contributed by atoms with Crippen molar-refractivity contribution in [2.75, 3.05) is 23.5 Å². The Bertz CT molecular complexity index is 631. The zero-order valence-corrected chi connectivity index (χ0v) is 12.9. The lowest BCUT2D eigenvalue weighted by atomic mass is 10.2. The van der Waals surface area contributed by atoms with Crippen LogP contribution in [0.25, 0.3) is 0 Å². The van der Waals surface area contributed by atoms with Gasteiger partial charge in [-0.25, -0.2) is 17.8 Å². The van der Waals surface area contributed by atoms with Gasteiger partial charge in [0, 0.05) is 37.4 Å². The van der Waals surface area contributed by atoms with Crippen LogP contribution in [0, 0.1) is 5.82 Å². The molecule has 1 N–H and O–H groups in total. The van der Waals surface area contributed by atoms with E-state index in [0.717, 1.165) is 12.8 Å². The first-order valence-corrected chi connectivity index (χ1v) is 9.08. The molecular weight excluding hydrogens is 293 g/mol. The largest absolute Gasteiger partial charge is 0.353 e. The molecule has 0 amide bonds. The van der Waals surface area contributed by atoms with Crippen molar-refractivity contribution in [2.45, 2.75) is 37.9 Å². The number of hydrogen-bond donors (Lipinski definition) is 1. The van der Waals surface area contributed by atoms with Crippen LogP contribution in [-0.4, -0.2) is 44.0 Å². The van der Waals surface area contributed by atoms with Crippen LogP contribution in [0.3, 0.4) is 0 Å². The topological polar surface area (TPSA) is 62.3 Å². The van der Waals surface area contributed by atoms with Gasteiger partial charge in [0.25, 0.3) is 0 Å². The fourth-order valence-corrected chi connectivity index (χ4v) is 4.42. The van der Waals surface area contributed by atoms with Crippen LogP contribution < -0.4 is 10.2 Å². The number of nitrogens with zero attached hydrogens (tertiary/aromatic N) is 2. The highest BCUT2D eigenvalue weighted by molar-refractivity contribution is 7.91. The molecule has 1 aromatic rings. The van der Waals surface area contributed by atoms with Crippen molar-refractivity contribution in [3.8, 4) is 0 Å². The summed E-state index contributed by atoms with van der Waals surface area (Å²) in [6.07, 6.45) is 4.42. The van der Waals surface area contributed by atoms with Crippen molar-refractivity contribution in [1.82, 2.24) is 10.3 Å². The van der Waals surface area contributed by atoms with Gasteiger partial charge < -0.3 is 10.2 Å². The summed E-state index contributed by atoms with van der Waals surface area (Å²) in [7, 11) is -1.27. The number of hydrogen-bond acceptors (Lipinski definition) is 5. The Labute approximate surface area is 124 Å². The summed E-state index contributed by atoms with van der Waals surface area (Å²) < 4.78 is 37.7. The minimum atomic E-state index is -2.99. The lowest BCUT2D eigenvalue weighted by Gasteiger charge is -2.25. The Kier molecular flexibility index (Phi) is 3.88. The van der Waals surface area contributed by atoms with Crippen molar-refractivity contribution in [2.24, 2.45) is 0 Å². The smallest absolute Gasteiger partial charge is 0.170 e. The van der Waals surface area contributed by atoms with Crippen LogP contribution in [-0.2, 0) is 16.4 Å². The number of pyridine rings is 1. The first-order valence-electron chi connectivity index (χ1n) is 7.26. The highest BCUT2D eigenvalue weighted by Gasteiger charge is 2.32. The van der Waals surface area contributed by atoms with E-state index in [4.69, 9.17) is 0 Å². The van der Waals surface area contributed by atoms with E-state index in [1.165, 1.54) is 0 Å². The maximum absolute atomic E-state index is 14.5. The molecule has 7 heteroatoms. The fourth-order valence-electron chi connectivity index (χ4n) is 2.65. The molecule has 0 bridgehead atoms.